The van der Waals surface area contributed by atoms with E-state index >= 15 is 0 Å². The molecule has 27 heavy (non-hydrogen) atoms. The van der Waals surface area contributed by atoms with Crippen LogP contribution in [0.3, 0.4) is 0 Å². The maximum atomic E-state index is 12.9. The quantitative estimate of drug-likeness (QED) is 0.741. The number of furan rings is 1. The fraction of sp³-hybridized carbons (Fsp3) is 0.400. The van der Waals surface area contributed by atoms with Gasteiger partial charge in [0.2, 0.25) is 11.8 Å². The van der Waals surface area contributed by atoms with Crippen molar-refractivity contribution in [2.45, 2.75) is 31.8 Å². The van der Waals surface area contributed by atoms with Crippen LogP contribution in [0.15, 0.2) is 47.1 Å². The molecule has 2 aromatic rings. The van der Waals surface area contributed by atoms with E-state index in [1.54, 1.807) is 30.5 Å². The van der Waals surface area contributed by atoms with Gasteiger partial charge in [0.15, 0.2) is 0 Å². The smallest absolute Gasteiger partial charge is 0.237 e. The first-order valence-corrected chi connectivity index (χ1v) is 9.17. The number of hydrogen-bond donors (Lipinski definition) is 2. The number of rotatable bonds is 8. The molecule has 6 nitrogen and oxygen atoms in total. The molecule has 2 heterocycles. The van der Waals surface area contributed by atoms with Gasteiger partial charge < -0.3 is 15.1 Å². The number of nitrogens with one attached hydrogen (secondary N) is 2. The molecule has 1 aromatic heterocycles. The molecule has 0 aliphatic carbocycles. The van der Waals surface area contributed by atoms with E-state index in [-0.39, 0.29) is 30.2 Å². The molecule has 2 N–H and O–H groups in total. The Balaban J connectivity index is 1.40. The summed E-state index contributed by atoms with van der Waals surface area (Å²) in [5.74, 6) is 0.241. The fourth-order valence-corrected chi connectivity index (χ4v) is 3.26. The van der Waals surface area contributed by atoms with E-state index in [0.29, 0.717) is 25.3 Å². The minimum absolute atomic E-state index is 0.0805. The van der Waals surface area contributed by atoms with Gasteiger partial charge in [-0.05, 0) is 55.6 Å². The monoisotopic (exact) mass is 373 g/mol. The van der Waals surface area contributed by atoms with Crippen LogP contribution in [-0.2, 0) is 22.6 Å². The molecule has 0 saturated carbocycles. The summed E-state index contributed by atoms with van der Waals surface area (Å²) >= 11 is 0. The van der Waals surface area contributed by atoms with E-state index in [1.807, 2.05) is 4.90 Å². The van der Waals surface area contributed by atoms with E-state index in [1.165, 1.54) is 12.1 Å². The second-order valence-electron chi connectivity index (χ2n) is 6.65. The van der Waals surface area contributed by atoms with Crippen molar-refractivity contribution in [1.29, 1.82) is 0 Å². The Morgan fingerprint density at radius 1 is 1.19 bits per heavy atom. The number of halogens is 1. The predicted molar refractivity (Wildman–Crippen MR) is 98.3 cm³/mol. The molecule has 1 fully saturated rings. The summed E-state index contributed by atoms with van der Waals surface area (Å²) in [4.78, 5) is 26.5. The number of carbonyl (C=O) groups excluding carboxylic acids is 2. The molecule has 0 radical (unpaired) electrons. The van der Waals surface area contributed by atoms with Crippen molar-refractivity contribution in [2.24, 2.45) is 0 Å². The SMILES string of the molecule is O=C(CN1CCCC1C(=O)NCc1ccco1)NCCc1ccc(F)cc1. The van der Waals surface area contributed by atoms with Gasteiger partial charge in [-0.25, -0.2) is 4.39 Å². The highest BCUT2D eigenvalue weighted by atomic mass is 19.1. The molecule has 1 aliphatic heterocycles. The number of hydrogen-bond acceptors (Lipinski definition) is 4. The molecule has 0 bridgehead atoms. The first-order valence-electron chi connectivity index (χ1n) is 9.17. The summed E-state index contributed by atoms with van der Waals surface area (Å²) in [5.41, 5.74) is 0.966. The minimum atomic E-state index is -0.289. The lowest BCUT2D eigenvalue weighted by atomic mass is 10.1. The van der Waals surface area contributed by atoms with Crippen LogP contribution in [0.4, 0.5) is 4.39 Å². The van der Waals surface area contributed by atoms with Crippen LogP contribution in [-0.4, -0.2) is 42.4 Å². The Labute approximate surface area is 157 Å². The van der Waals surface area contributed by atoms with Gasteiger partial charge in [0, 0.05) is 6.54 Å². The fourth-order valence-electron chi connectivity index (χ4n) is 3.26. The van der Waals surface area contributed by atoms with Gasteiger partial charge in [-0.3, -0.25) is 14.5 Å². The summed E-state index contributed by atoms with van der Waals surface area (Å²) in [5, 5.41) is 5.73. The van der Waals surface area contributed by atoms with E-state index in [0.717, 1.165) is 24.9 Å². The van der Waals surface area contributed by atoms with Crippen molar-refractivity contribution in [1.82, 2.24) is 15.5 Å². The zero-order valence-corrected chi connectivity index (χ0v) is 15.1. The molecular formula is C20H24FN3O3. The van der Waals surface area contributed by atoms with E-state index < -0.39 is 0 Å². The second kappa shape index (κ2) is 9.32. The number of likely N-dealkylation sites (tertiary alicyclic amines) is 1. The third kappa shape index (κ3) is 5.65. The molecule has 1 aliphatic rings. The van der Waals surface area contributed by atoms with Crippen LogP contribution < -0.4 is 10.6 Å². The van der Waals surface area contributed by atoms with Gasteiger partial charge in [0.05, 0.1) is 25.4 Å². The van der Waals surface area contributed by atoms with Crippen LogP contribution in [0.1, 0.15) is 24.2 Å². The largest absolute Gasteiger partial charge is 0.467 e. The molecule has 2 amide bonds. The number of amides is 2. The molecule has 144 valence electrons. The molecule has 1 unspecified atom stereocenters. The van der Waals surface area contributed by atoms with Gasteiger partial charge in [-0.15, -0.1) is 0 Å². The highest BCUT2D eigenvalue weighted by molar-refractivity contribution is 5.84. The van der Waals surface area contributed by atoms with E-state index in [2.05, 4.69) is 10.6 Å². The van der Waals surface area contributed by atoms with Gasteiger partial charge in [-0.1, -0.05) is 12.1 Å². The zero-order valence-electron chi connectivity index (χ0n) is 15.1. The summed E-state index contributed by atoms with van der Waals surface area (Å²) in [6.07, 6.45) is 3.84. The van der Waals surface area contributed by atoms with Crippen molar-refractivity contribution in [2.75, 3.05) is 19.6 Å². The average Bonchev–Trinajstić information content (AvgIpc) is 3.33. The maximum Gasteiger partial charge on any atom is 0.237 e. The van der Waals surface area contributed by atoms with Crippen molar-refractivity contribution in [3.63, 3.8) is 0 Å². The number of nitrogens with zero attached hydrogens (tertiary/aromatic N) is 1. The summed E-state index contributed by atoms with van der Waals surface area (Å²) in [6, 6.07) is 9.53. The predicted octanol–water partition coefficient (Wildman–Crippen LogP) is 1.86. The van der Waals surface area contributed by atoms with Gasteiger partial charge in [0.25, 0.3) is 0 Å². The molecule has 0 spiro atoms. The second-order valence-corrected chi connectivity index (χ2v) is 6.65. The average molecular weight is 373 g/mol. The first-order chi connectivity index (χ1) is 13.1. The highest BCUT2D eigenvalue weighted by Gasteiger charge is 2.31. The van der Waals surface area contributed by atoms with E-state index in [9.17, 15) is 14.0 Å². The van der Waals surface area contributed by atoms with Gasteiger partial charge in [0.1, 0.15) is 11.6 Å². The molecule has 1 saturated heterocycles. The molecule has 7 heteroatoms. The van der Waals surface area contributed by atoms with Crippen molar-refractivity contribution < 1.29 is 18.4 Å². The molecular weight excluding hydrogens is 349 g/mol. The lowest BCUT2D eigenvalue weighted by molar-refractivity contribution is -0.127. The van der Waals surface area contributed by atoms with Crippen LogP contribution in [0.25, 0.3) is 0 Å². The lowest BCUT2D eigenvalue weighted by Crippen LogP contribution is -2.47. The van der Waals surface area contributed by atoms with E-state index in [4.69, 9.17) is 4.42 Å². The lowest BCUT2D eigenvalue weighted by Gasteiger charge is -2.23. The Kier molecular flexibility index (Phi) is 6.59. The topological polar surface area (TPSA) is 74.6 Å². The third-order valence-electron chi connectivity index (χ3n) is 4.68. The summed E-state index contributed by atoms with van der Waals surface area (Å²) in [7, 11) is 0. The number of carbonyl (C=O) groups is 2. The van der Waals surface area contributed by atoms with Crippen molar-refractivity contribution >= 4 is 11.8 Å². The summed E-state index contributed by atoms with van der Waals surface area (Å²) in [6.45, 7) is 1.75. The molecule has 1 atom stereocenters. The zero-order chi connectivity index (χ0) is 19.1. The van der Waals surface area contributed by atoms with Crippen molar-refractivity contribution in [3.05, 3.63) is 59.8 Å². The minimum Gasteiger partial charge on any atom is -0.467 e. The van der Waals surface area contributed by atoms with Crippen LogP contribution >= 0.6 is 0 Å². The maximum absolute atomic E-state index is 12.9. The van der Waals surface area contributed by atoms with Gasteiger partial charge >= 0.3 is 0 Å². The van der Waals surface area contributed by atoms with Crippen LogP contribution in [0.5, 0.6) is 0 Å². The highest BCUT2D eigenvalue weighted by Crippen LogP contribution is 2.17. The van der Waals surface area contributed by atoms with Gasteiger partial charge in [-0.2, -0.15) is 0 Å². The Morgan fingerprint density at radius 3 is 2.74 bits per heavy atom. The Bertz CT molecular complexity index is 746. The van der Waals surface area contributed by atoms with Crippen LogP contribution in [0.2, 0.25) is 0 Å². The Hall–Kier alpha value is -2.67. The molecule has 3 rings (SSSR count). The standard InChI is InChI=1S/C20H24FN3O3/c21-16-7-5-15(6-8-16)9-10-22-19(25)14-24-11-1-4-18(24)20(26)23-13-17-3-2-12-27-17/h2-3,5-8,12,18H,1,4,9-11,13-14H2,(H,22,25)(H,23,26). The number of benzene rings is 1. The van der Waals surface area contributed by atoms with Crippen molar-refractivity contribution in [3.8, 4) is 0 Å². The molecule has 1 aromatic carbocycles. The summed E-state index contributed by atoms with van der Waals surface area (Å²) < 4.78 is 18.1. The normalized spacial score (nSPS) is 17.0. The third-order valence-corrected chi connectivity index (χ3v) is 4.68. The Morgan fingerprint density at radius 2 is 2.00 bits per heavy atom. The first kappa shape index (κ1) is 19.1. The van der Waals surface area contributed by atoms with Crippen LogP contribution in [0, 0.1) is 5.82 Å².